The fraction of sp³-hybridized carbons (Fsp3) is 0.333. The molecular formula is C18H18FN5O2. The number of hydrogen-bond donors (Lipinski definition) is 0. The molecule has 4 rings (SSSR count). The molecule has 3 aromatic rings. The van der Waals surface area contributed by atoms with Crippen molar-refractivity contribution in [2.45, 2.75) is 25.7 Å². The van der Waals surface area contributed by atoms with E-state index in [2.05, 4.69) is 15.2 Å². The van der Waals surface area contributed by atoms with Gasteiger partial charge < -0.3 is 9.42 Å². The molecule has 1 fully saturated rings. The van der Waals surface area contributed by atoms with Crippen molar-refractivity contribution in [3.05, 3.63) is 59.8 Å². The third-order valence-corrected chi connectivity index (χ3v) is 4.56. The number of benzene rings is 1. The summed E-state index contributed by atoms with van der Waals surface area (Å²) in [5.41, 5.74) is 0.927. The zero-order valence-electron chi connectivity index (χ0n) is 14.3. The average molecular weight is 355 g/mol. The van der Waals surface area contributed by atoms with Gasteiger partial charge in [0.05, 0.1) is 5.69 Å². The third kappa shape index (κ3) is 3.22. The highest BCUT2D eigenvalue weighted by atomic mass is 19.1. The van der Waals surface area contributed by atoms with Crippen molar-refractivity contribution in [2.75, 3.05) is 13.1 Å². The van der Waals surface area contributed by atoms with Crippen LogP contribution in [0, 0.1) is 12.7 Å². The fourth-order valence-electron chi connectivity index (χ4n) is 3.17. The van der Waals surface area contributed by atoms with E-state index in [0.717, 1.165) is 12.8 Å². The van der Waals surface area contributed by atoms with Crippen LogP contribution in [0.4, 0.5) is 4.39 Å². The monoisotopic (exact) mass is 355 g/mol. The second kappa shape index (κ2) is 6.70. The SMILES string of the molecule is Cc1noc(C2CCN(C(=O)c3ccn(-c4cccc(F)c4)n3)CC2)n1. The molecule has 2 aromatic heterocycles. The van der Waals surface area contributed by atoms with E-state index in [0.29, 0.717) is 36.2 Å². The van der Waals surface area contributed by atoms with Crippen LogP contribution >= 0.6 is 0 Å². The number of halogens is 1. The Balaban J connectivity index is 1.43. The second-order valence-electron chi connectivity index (χ2n) is 6.37. The molecule has 1 aromatic carbocycles. The van der Waals surface area contributed by atoms with E-state index in [1.807, 2.05) is 0 Å². The van der Waals surface area contributed by atoms with Crippen molar-refractivity contribution in [2.24, 2.45) is 0 Å². The van der Waals surface area contributed by atoms with Gasteiger partial charge in [-0.1, -0.05) is 11.2 Å². The largest absolute Gasteiger partial charge is 0.339 e. The molecule has 134 valence electrons. The topological polar surface area (TPSA) is 77.0 Å². The molecule has 0 saturated carbocycles. The standard InChI is InChI=1S/C18H18FN5O2/c1-12-20-17(26-22-12)13-5-8-23(9-6-13)18(25)16-7-10-24(21-16)15-4-2-3-14(19)11-15/h2-4,7,10-11,13H,5-6,8-9H2,1H3. The number of carbonyl (C=O) groups is 1. The highest BCUT2D eigenvalue weighted by Crippen LogP contribution is 2.27. The van der Waals surface area contributed by atoms with Crippen LogP contribution in [0.2, 0.25) is 0 Å². The normalized spacial score (nSPS) is 15.4. The number of aryl methyl sites for hydroxylation is 1. The number of hydrogen-bond acceptors (Lipinski definition) is 5. The summed E-state index contributed by atoms with van der Waals surface area (Å²) in [6.45, 7) is 3.01. The summed E-state index contributed by atoms with van der Waals surface area (Å²) in [6.07, 6.45) is 3.21. The Morgan fingerprint density at radius 3 is 2.77 bits per heavy atom. The summed E-state index contributed by atoms with van der Waals surface area (Å²) in [5, 5.41) is 8.12. The first-order valence-corrected chi connectivity index (χ1v) is 8.51. The smallest absolute Gasteiger partial charge is 0.274 e. The summed E-state index contributed by atoms with van der Waals surface area (Å²) in [5.74, 6) is 0.987. The molecule has 0 spiro atoms. The molecule has 26 heavy (non-hydrogen) atoms. The molecule has 0 atom stereocenters. The van der Waals surface area contributed by atoms with Gasteiger partial charge in [-0.05, 0) is 44.0 Å². The van der Waals surface area contributed by atoms with E-state index < -0.39 is 0 Å². The van der Waals surface area contributed by atoms with E-state index in [1.54, 1.807) is 36.2 Å². The van der Waals surface area contributed by atoms with Gasteiger partial charge in [-0.25, -0.2) is 9.07 Å². The van der Waals surface area contributed by atoms with Crippen LogP contribution in [-0.4, -0.2) is 43.8 Å². The molecule has 1 amide bonds. The fourth-order valence-corrected chi connectivity index (χ4v) is 3.17. The van der Waals surface area contributed by atoms with Crippen molar-refractivity contribution < 1.29 is 13.7 Å². The summed E-state index contributed by atoms with van der Waals surface area (Å²) in [6, 6.07) is 7.74. The van der Waals surface area contributed by atoms with E-state index in [1.165, 1.54) is 16.8 Å². The van der Waals surface area contributed by atoms with Crippen molar-refractivity contribution in [1.29, 1.82) is 0 Å². The first kappa shape index (κ1) is 16.4. The first-order valence-electron chi connectivity index (χ1n) is 8.51. The van der Waals surface area contributed by atoms with Crippen molar-refractivity contribution in [3.8, 4) is 5.69 Å². The van der Waals surface area contributed by atoms with Crippen molar-refractivity contribution in [1.82, 2.24) is 24.8 Å². The van der Waals surface area contributed by atoms with E-state index in [9.17, 15) is 9.18 Å². The van der Waals surface area contributed by atoms with Gasteiger partial charge in [0.1, 0.15) is 5.82 Å². The Kier molecular flexibility index (Phi) is 4.24. The quantitative estimate of drug-likeness (QED) is 0.722. The van der Waals surface area contributed by atoms with E-state index in [4.69, 9.17) is 4.52 Å². The maximum absolute atomic E-state index is 13.4. The molecule has 0 bridgehead atoms. The van der Waals surface area contributed by atoms with Crippen LogP contribution in [0.3, 0.4) is 0 Å². The van der Waals surface area contributed by atoms with Crippen LogP contribution in [0.15, 0.2) is 41.1 Å². The minimum absolute atomic E-state index is 0.125. The zero-order chi connectivity index (χ0) is 18.1. The molecule has 1 aliphatic rings. The van der Waals surface area contributed by atoms with Crippen LogP contribution < -0.4 is 0 Å². The van der Waals surface area contributed by atoms with Gasteiger partial charge in [-0.3, -0.25) is 4.79 Å². The molecule has 1 saturated heterocycles. The lowest BCUT2D eigenvalue weighted by Crippen LogP contribution is -2.38. The summed E-state index contributed by atoms with van der Waals surface area (Å²) in [7, 11) is 0. The number of aromatic nitrogens is 4. The molecule has 8 heteroatoms. The highest BCUT2D eigenvalue weighted by molar-refractivity contribution is 5.92. The van der Waals surface area contributed by atoms with Gasteiger partial charge in [0.25, 0.3) is 5.91 Å². The van der Waals surface area contributed by atoms with Crippen LogP contribution in [0.1, 0.15) is 41.0 Å². The lowest BCUT2D eigenvalue weighted by Gasteiger charge is -2.29. The van der Waals surface area contributed by atoms with Gasteiger partial charge in [0.2, 0.25) is 5.89 Å². The second-order valence-corrected chi connectivity index (χ2v) is 6.37. The molecule has 0 unspecified atom stereocenters. The molecule has 7 nitrogen and oxygen atoms in total. The van der Waals surface area contributed by atoms with Crippen LogP contribution in [0.25, 0.3) is 5.69 Å². The van der Waals surface area contributed by atoms with Crippen molar-refractivity contribution >= 4 is 5.91 Å². The van der Waals surface area contributed by atoms with Gasteiger partial charge in [0, 0.05) is 25.2 Å². The number of amides is 1. The maximum atomic E-state index is 13.4. The average Bonchev–Trinajstić information content (AvgIpc) is 3.31. The predicted octanol–water partition coefficient (Wildman–Crippen LogP) is 2.72. The van der Waals surface area contributed by atoms with Crippen LogP contribution in [-0.2, 0) is 0 Å². The predicted molar refractivity (Wildman–Crippen MR) is 90.4 cm³/mol. The first-order chi connectivity index (χ1) is 12.6. The Morgan fingerprint density at radius 1 is 1.27 bits per heavy atom. The zero-order valence-corrected chi connectivity index (χ0v) is 14.3. The molecule has 0 aliphatic carbocycles. The minimum Gasteiger partial charge on any atom is -0.339 e. The van der Waals surface area contributed by atoms with Gasteiger partial charge in [0.15, 0.2) is 11.5 Å². The molecular weight excluding hydrogens is 337 g/mol. The summed E-state index contributed by atoms with van der Waals surface area (Å²) >= 11 is 0. The molecule has 0 N–H and O–H groups in total. The number of piperidine rings is 1. The Morgan fingerprint density at radius 2 is 2.08 bits per heavy atom. The Hall–Kier alpha value is -3.03. The number of carbonyl (C=O) groups excluding carboxylic acids is 1. The highest BCUT2D eigenvalue weighted by Gasteiger charge is 2.28. The lowest BCUT2D eigenvalue weighted by atomic mass is 9.96. The van der Waals surface area contributed by atoms with Gasteiger partial charge in [-0.2, -0.15) is 10.1 Å². The van der Waals surface area contributed by atoms with Crippen LogP contribution in [0.5, 0.6) is 0 Å². The Bertz CT molecular complexity index is 927. The number of nitrogens with zero attached hydrogens (tertiary/aromatic N) is 5. The van der Waals surface area contributed by atoms with E-state index in [-0.39, 0.29) is 17.6 Å². The Labute approximate surface area is 149 Å². The minimum atomic E-state index is -0.343. The van der Waals surface area contributed by atoms with Gasteiger partial charge >= 0.3 is 0 Å². The molecule has 3 heterocycles. The van der Waals surface area contributed by atoms with Crippen molar-refractivity contribution in [3.63, 3.8) is 0 Å². The molecule has 0 radical (unpaired) electrons. The molecule has 1 aliphatic heterocycles. The van der Waals surface area contributed by atoms with Gasteiger partial charge in [-0.15, -0.1) is 0 Å². The van der Waals surface area contributed by atoms with E-state index >= 15 is 0 Å². The third-order valence-electron chi connectivity index (χ3n) is 4.56. The number of likely N-dealkylation sites (tertiary alicyclic amines) is 1. The maximum Gasteiger partial charge on any atom is 0.274 e. The summed E-state index contributed by atoms with van der Waals surface area (Å²) < 4.78 is 20.1. The summed E-state index contributed by atoms with van der Waals surface area (Å²) in [4.78, 5) is 18.7. The number of rotatable bonds is 3. The lowest BCUT2D eigenvalue weighted by molar-refractivity contribution is 0.0698.